The first-order valence-electron chi connectivity index (χ1n) is 8.10. The van der Waals surface area contributed by atoms with E-state index in [0.29, 0.717) is 0 Å². The second-order valence-corrected chi connectivity index (χ2v) is 6.80. The van der Waals surface area contributed by atoms with Crippen molar-refractivity contribution in [3.63, 3.8) is 0 Å². The summed E-state index contributed by atoms with van der Waals surface area (Å²) in [6.07, 6.45) is 10.2. The number of hydrogen-bond donors (Lipinski definition) is 1. The highest BCUT2D eigenvalue weighted by Crippen LogP contribution is 2.21. The van der Waals surface area contributed by atoms with Gasteiger partial charge in [-0.15, -0.1) is 0 Å². The SMILES string of the molecule is CC(C)CCCCCCNCCCCC(C)(C)C#N. The van der Waals surface area contributed by atoms with E-state index >= 15 is 0 Å². The molecule has 112 valence electrons. The van der Waals surface area contributed by atoms with Gasteiger partial charge in [0.05, 0.1) is 11.5 Å². The number of nitriles is 1. The fourth-order valence-electron chi connectivity index (χ4n) is 2.15. The summed E-state index contributed by atoms with van der Waals surface area (Å²) in [4.78, 5) is 0. The summed E-state index contributed by atoms with van der Waals surface area (Å²) in [5.41, 5.74) is -0.142. The van der Waals surface area contributed by atoms with Gasteiger partial charge >= 0.3 is 0 Å². The average Bonchev–Trinajstić information content (AvgIpc) is 2.35. The van der Waals surface area contributed by atoms with Gasteiger partial charge in [-0.2, -0.15) is 5.26 Å². The van der Waals surface area contributed by atoms with Crippen molar-refractivity contribution in [2.75, 3.05) is 13.1 Å². The number of nitrogens with zero attached hydrogens (tertiary/aromatic N) is 1. The minimum absolute atomic E-state index is 0.142. The summed E-state index contributed by atoms with van der Waals surface area (Å²) in [5.74, 6) is 0.857. The molecule has 0 aliphatic rings. The standard InChI is InChI=1S/C17H34N2/c1-16(2)11-7-5-6-9-13-19-14-10-8-12-17(3,4)15-18/h16,19H,5-14H2,1-4H3. The van der Waals surface area contributed by atoms with Crippen LogP contribution in [0.4, 0.5) is 0 Å². The third kappa shape index (κ3) is 13.7. The molecule has 0 aliphatic carbocycles. The second kappa shape index (κ2) is 11.3. The summed E-state index contributed by atoms with van der Waals surface area (Å²) >= 11 is 0. The van der Waals surface area contributed by atoms with E-state index < -0.39 is 0 Å². The van der Waals surface area contributed by atoms with E-state index in [0.717, 1.165) is 31.8 Å². The van der Waals surface area contributed by atoms with Crippen LogP contribution in [0.15, 0.2) is 0 Å². The van der Waals surface area contributed by atoms with Gasteiger partial charge < -0.3 is 5.32 Å². The summed E-state index contributed by atoms with van der Waals surface area (Å²) in [6, 6.07) is 2.36. The molecule has 0 saturated heterocycles. The fourth-order valence-corrected chi connectivity index (χ4v) is 2.15. The number of unbranched alkanes of at least 4 members (excludes halogenated alkanes) is 4. The molecule has 0 rings (SSSR count). The van der Waals surface area contributed by atoms with Gasteiger partial charge in [0.1, 0.15) is 0 Å². The first-order valence-corrected chi connectivity index (χ1v) is 8.10. The molecule has 0 aliphatic heterocycles. The van der Waals surface area contributed by atoms with Crippen LogP contribution in [0.5, 0.6) is 0 Å². The molecule has 0 bridgehead atoms. The monoisotopic (exact) mass is 266 g/mol. The first kappa shape index (κ1) is 18.4. The molecular formula is C17H34N2. The molecule has 0 radical (unpaired) electrons. The Labute approximate surface area is 121 Å². The second-order valence-electron chi connectivity index (χ2n) is 6.80. The lowest BCUT2D eigenvalue weighted by atomic mass is 9.89. The predicted molar refractivity (Wildman–Crippen MR) is 84.0 cm³/mol. The van der Waals surface area contributed by atoms with Crippen molar-refractivity contribution in [1.82, 2.24) is 5.32 Å². The minimum Gasteiger partial charge on any atom is -0.317 e. The van der Waals surface area contributed by atoms with Gasteiger partial charge in [0.15, 0.2) is 0 Å². The molecule has 0 heterocycles. The molecule has 1 N–H and O–H groups in total. The maximum atomic E-state index is 8.91. The van der Waals surface area contributed by atoms with E-state index in [4.69, 9.17) is 5.26 Å². The molecule has 0 spiro atoms. The van der Waals surface area contributed by atoms with E-state index in [1.807, 2.05) is 13.8 Å². The molecule has 0 aromatic heterocycles. The molecule has 19 heavy (non-hydrogen) atoms. The third-order valence-corrected chi connectivity index (χ3v) is 3.59. The fraction of sp³-hybridized carbons (Fsp3) is 0.941. The van der Waals surface area contributed by atoms with Gasteiger partial charge in [0, 0.05) is 0 Å². The molecule has 0 amide bonds. The van der Waals surface area contributed by atoms with Crippen molar-refractivity contribution in [1.29, 1.82) is 5.26 Å². The largest absolute Gasteiger partial charge is 0.317 e. The smallest absolute Gasteiger partial charge is 0.0683 e. The molecule has 0 aromatic rings. The Kier molecular flexibility index (Phi) is 11.0. The highest BCUT2D eigenvalue weighted by atomic mass is 14.8. The summed E-state index contributed by atoms with van der Waals surface area (Å²) in [6.45, 7) is 10.9. The lowest BCUT2D eigenvalue weighted by molar-refractivity contribution is 0.421. The van der Waals surface area contributed by atoms with E-state index in [-0.39, 0.29) is 5.41 Å². The summed E-state index contributed by atoms with van der Waals surface area (Å²) in [5, 5.41) is 12.4. The maximum Gasteiger partial charge on any atom is 0.0683 e. The van der Waals surface area contributed by atoms with Gasteiger partial charge in [-0.3, -0.25) is 0 Å². The molecule has 0 saturated carbocycles. The van der Waals surface area contributed by atoms with Crippen LogP contribution in [-0.4, -0.2) is 13.1 Å². The van der Waals surface area contributed by atoms with Crippen molar-refractivity contribution in [3.8, 4) is 6.07 Å². The van der Waals surface area contributed by atoms with Crippen molar-refractivity contribution in [2.24, 2.45) is 11.3 Å². The van der Waals surface area contributed by atoms with Crippen LogP contribution in [0.1, 0.15) is 79.1 Å². The number of rotatable bonds is 12. The van der Waals surface area contributed by atoms with Crippen molar-refractivity contribution >= 4 is 0 Å². The van der Waals surface area contributed by atoms with Crippen LogP contribution in [-0.2, 0) is 0 Å². The van der Waals surface area contributed by atoms with Crippen LogP contribution in [0.3, 0.4) is 0 Å². The lowest BCUT2D eigenvalue weighted by Crippen LogP contribution is -2.17. The predicted octanol–water partition coefficient (Wildman–Crippen LogP) is 4.90. The molecule has 2 heteroatoms. The average molecular weight is 266 g/mol. The van der Waals surface area contributed by atoms with Gasteiger partial charge in [-0.05, 0) is 52.1 Å². The van der Waals surface area contributed by atoms with Crippen LogP contribution >= 0.6 is 0 Å². The highest BCUT2D eigenvalue weighted by Gasteiger charge is 2.14. The molecule has 0 unspecified atom stereocenters. The quantitative estimate of drug-likeness (QED) is 0.510. The molecule has 0 fully saturated rings. The van der Waals surface area contributed by atoms with Gasteiger partial charge in [-0.25, -0.2) is 0 Å². The Morgan fingerprint density at radius 2 is 1.53 bits per heavy atom. The Hall–Kier alpha value is -0.550. The first-order chi connectivity index (χ1) is 8.98. The Morgan fingerprint density at radius 3 is 2.11 bits per heavy atom. The van der Waals surface area contributed by atoms with Gasteiger partial charge in [-0.1, -0.05) is 46.0 Å². The van der Waals surface area contributed by atoms with E-state index in [1.165, 1.54) is 38.5 Å². The van der Waals surface area contributed by atoms with Crippen molar-refractivity contribution in [2.45, 2.75) is 79.1 Å². The Bertz CT molecular complexity index is 238. The third-order valence-electron chi connectivity index (χ3n) is 3.59. The summed E-state index contributed by atoms with van der Waals surface area (Å²) in [7, 11) is 0. The zero-order valence-corrected chi connectivity index (χ0v) is 13.6. The molecule has 0 atom stereocenters. The molecule has 2 nitrogen and oxygen atoms in total. The summed E-state index contributed by atoms with van der Waals surface area (Å²) < 4.78 is 0. The molecular weight excluding hydrogens is 232 g/mol. The number of hydrogen-bond acceptors (Lipinski definition) is 2. The number of nitrogens with one attached hydrogen (secondary N) is 1. The molecule has 0 aromatic carbocycles. The maximum absolute atomic E-state index is 8.91. The minimum atomic E-state index is -0.142. The van der Waals surface area contributed by atoms with Gasteiger partial charge in [0.2, 0.25) is 0 Å². The van der Waals surface area contributed by atoms with Crippen molar-refractivity contribution < 1.29 is 0 Å². The zero-order valence-electron chi connectivity index (χ0n) is 13.6. The Morgan fingerprint density at radius 1 is 0.947 bits per heavy atom. The topological polar surface area (TPSA) is 35.8 Å². The van der Waals surface area contributed by atoms with E-state index in [1.54, 1.807) is 0 Å². The van der Waals surface area contributed by atoms with E-state index in [9.17, 15) is 0 Å². The van der Waals surface area contributed by atoms with Crippen LogP contribution < -0.4 is 5.32 Å². The van der Waals surface area contributed by atoms with Crippen LogP contribution in [0.25, 0.3) is 0 Å². The van der Waals surface area contributed by atoms with Gasteiger partial charge in [0.25, 0.3) is 0 Å². The van der Waals surface area contributed by atoms with Crippen LogP contribution in [0.2, 0.25) is 0 Å². The normalized spacial score (nSPS) is 11.8. The van der Waals surface area contributed by atoms with Crippen molar-refractivity contribution in [3.05, 3.63) is 0 Å². The highest BCUT2D eigenvalue weighted by molar-refractivity contribution is 4.91. The zero-order chi connectivity index (χ0) is 14.6. The van der Waals surface area contributed by atoms with E-state index in [2.05, 4.69) is 25.2 Å². The Balaban J connectivity index is 3.14. The van der Waals surface area contributed by atoms with Crippen LogP contribution in [0, 0.1) is 22.7 Å². The lowest BCUT2D eigenvalue weighted by Gasteiger charge is -2.14.